The average Bonchev–Trinajstić information content (AvgIpc) is 3.20. The van der Waals surface area contributed by atoms with Gasteiger partial charge in [0, 0.05) is 31.0 Å². The largest absolute Gasteiger partial charge is 0.294 e. The van der Waals surface area contributed by atoms with Crippen molar-refractivity contribution in [1.82, 2.24) is 29.6 Å². The summed E-state index contributed by atoms with van der Waals surface area (Å²) in [7, 11) is 1.98. The average molecular weight is 352 g/mol. The minimum Gasteiger partial charge on any atom is -0.294 e. The highest BCUT2D eigenvalue weighted by Gasteiger charge is 2.17. The normalized spacial score (nSPS) is 11.5. The number of rotatable bonds is 5. The number of nitrogens with zero attached hydrogens (tertiary/aromatic N) is 6. The first-order chi connectivity index (χ1) is 12.6. The lowest BCUT2D eigenvalue weighted by Gasteiger charge is -2.16. The summed E-state index contributed by atoms with van der Waals surface area (Å²) in [6.07, 6.45) is 3.63. The standard InChI is InChI=1S/C18H17FN6O/c1-12-15(23-26-22-12)10-24(2)11-16-17(13-4-6-14(19)7-5-13)21-18-20-8-3-9-25(16)18/h3-9H,10-11H2,1-2H3. The molecule has 0 fully saturated rings. The first kappa shape index (κ1) is 16.3. The fraction of sp³-hybridized carbons (Fsp3) is 0.222. The highest BCUT2D eigenvalue weighted by molar-refractivity contribution is 5.65. The fourth-order valence-electron chi connectivity index (χ4n) is 2.89. The Bertz CT molecular complexity index is 1040. The molecule has 1 aromatic carbocycles. The minimum absolute atomic E-state index is 0.275. The van der Waals surface area contributed by atoms with Crippen molar-refractivity contribution >= 4 is 5.78 Å². The number of hydrogen-bond acceptors (Lipinski definition) is 6. The van der Waals surface area contributed by atoms with Crippen molar-refractivity contribution in [3.05, 3.63) is 65.6 Å². The molecular formula is C18H17FN6O. The summed E-state index contributed by atoms with van der Waals surface area (Å²) in [4.78, 5) is 11.1. The Morgan fingerprint density at radius 1 is 1.15 bits per heavy atom. The molecule has 4 aromatic rings. The van der Waals surface area contributed by atoms with Crippen molar-refractivity contribution in [2.75, 3.05) is 7.05 Å². The van der Waals surface area contributed by atoms with Crippen LogP contribution in [0.1, 0.15) is 17.1 Å². The first-order valence-corrected chi connectivity index (χ1v) is 8.16. The van der Waals surface area contributed by atoms with Gasteiger partial charge in [0.1, 0.15) is 17.2 Å². The quantitative estimate of drug-likeness (QED) is 0.550. The van der Waals surface area contributed by atoms with Crippen molar-refractivity contribution in [3.8, 4) is 11.3 Å². The van der Waals surface area contributed by atoms with Crippen LogP contribution in [0, 0.1) is 12.7 Å². The maximum atomic E-state index is 13.3. The van der Waals surface area contributed by atoms with E-state index >= 15 is 0 Å². The number of fused-ring (bicyclic) bond motifs is 1. The summed E-state index contributed by atoms with van der Waals surface area (Å²) >= 11 is 0. The van der Waals surface area contributed by atoms with E-state index in [9.17, 15) is 4.39 Å². The van der Waals surface area contributed by atoms with Gasteiger partial charge in [-0.05, 0) is 44.3 Å². The molecule has 0 aliphatic carbocycles. The number of aryl methyl sites for hydroxylation is 1. The van der Waals surface area contributed by atoms with E-state index in [-0.39, 0.29) is 5.82 Å². The molecule has 132 valence electrons. The lowest BCUT2D eigenvalue weighted by Crippen LogP contribution is -2.19. The fourth-order valence-corrected chi connectivity index (χ4v) is 2.89. The van der Waals surface area contributed by atoms with Gasteiger partial charge in [0.2, 0.25) is 5.78 Å². The van der Waals surface area contributed by atoms with Crippen LogP contribution in [0.4, 0.5) is 4.39 Å². The molecule has 0 amide bonds. The van der Waals surface area contributed by atoms with Crippen LogP contribution in [-0.2, 0) is 13.1 Å². The Hall–Kier alpha value is -3.13. The Labute approximate surface area is 149 Å². The number of benzene rings is 1. The second-order valence-corrected chi connectivity index (χ2v) is 6.17. The maximum absolute atomic E-state index is 13.3. The zero-order chi connectivity index (χ0) is 18.1. The monoisotopic (exact) mass is 352 g/mol. The summed E-state index contributed by atoms with van der Waals surface area (Å²) in [6.45, 7) is 3.05. The molecule has 0 aliphatic rings. The number of halogens is 1. The summed E-state index contributed by atoms with van der Waals surface area (Å²) in [5.41, 5.74) is 4.17. The summed E-state index contributed by atoms with van der Waals surface area (Å²) in [6, 6.07) is 8.19. The van der Waals surface area contributed by atoms with Crippen LogP contribution >= 0.6 is 0 Å². The predicted octanol–water partition coefficient (Wildman–Crippen LogP) is 2.86. The summed E-state index contributed by atoms with van der Waals surface area (Å²) in [5, 5.41) is 7.75. The van der Waals surface area contributed by atoms with Gasteiger partial charge in [0.05, 0.1) is 11.4 Å². The topological polar surface area (TPSA) is 72.3 Å². The highest BCUT2D eigenvalue weighted by Crippen LogP contribution is 2.25. The zero-order valence-electron chi connectivity index (χ0n) is 14.4. The molecule has 0 spiro atoms. The number of imidazole rings is 1. The van der Waals surface area contributed by atoms with E-state index < -0.39 is 0 Å². The van der Waals surface area contributed by atoms with Crippen LogP contribution in [0.2, 0.25) is 0 Å². The van der Waals surface area contributed by atoms with E-state index in [1.54, 1.807) is 18.3 Å². The van der Waals surface area contributed by atoms with E-state index in [2.05, 4.69) is 25.2 Å². The molecule has 0 unspecified atom stereocenters. The SMILES string of the molecule is Cc1nonc1CN(C)Cc1c(-c2ccc(F)cc2)nc2ncccn12. The van der Waals surface area contributed by atoms with Crippen LogP contribution in [0.25, 0.3) is 17.0 Å². The molecule has 0 N–H and O–H groups in total. The van der Waals surface area contributed by atoms with E-state index in [0.717, 1.165) is 28.3 Å². The Kier molecular flexibility index (Phi) is 4.18. The van der Waals surface area contributed by atoms with Gasteiger partial charge in [0.25, 0.3) is 0 Å². The molecule has 0 bridgehead atoms. The lowest BCUT2D eigenvalue weighted by molar-refractivity contribution is 0.278. The van der Waals surface area contributed by atoms with Crippen LogP contribution in [-0.4, -0.2) is 36.6 Å². The molecule has 0 radical (unpaired) electrons. The van der Waals surface area contributed by atoms with Crippen molar-refractivity contribution in [3.63, 3.8) is 0 Å². The van der Waals surface area contributed by atoms with Crippen LogP contribution < -0.4 is 0 Å². The number of hydrogen-bond donors (Lipinski definition) is 0. The molecule has 7 nitrogen and oxygen atoms in total. The molecule has 8 heteroatoms. The van der Waals surface area contributed by atoms with Gasteiger partial charge < -0.3 is 0 Å². The lowest BCUT2D eigenvalue weighted by atomic mass is 10.1. The third-order valence-electron chi connectivity index (χ3n) is 4.21. The van der Waals surface area contributed by atoms with Crippen molar-refractivity contribution in [2.24, 2.45) is 0 Å². The third kappa shape index (κ3) is 3.06. The molecule has 26 heavy (non-hydrogen) atoms. The van der Waals surface area contributed by atoms with E-state index in [4.69, 9.17) is 4.63 Å². The van der Waals surface area contributed by atoms with Crippen molar-refractivity contribution in [2.45, 2.75) is 20.0 Å². The second kappa shape index (κ2) is 6.64. The summed E-state index contributed by atoms with van der Waals surface area (Å²) < 4.78 is 20.0. The van der Waals surface area contributed by atoms with Gasteiger partial charge in [-0.15, -0.1) is 0 Å². The molecule has 0 atom stereocenters. The molecule has 0 saturated heterocycles. The van der Waals surface area contributed by atoms with E-state index in [1.807, 2.05) is 30.6 Å². The summed E-state index contributed by atoms with van der Waals surface area (Å²) in [5.74, 6) is 0.331. The number of aromatic nitrogens is 5. The van der Waals surface area contributed by atoms with Gasteiger partial charge >= 0.3 is 0 Å². The Morgan fingerprint density at radius 3 is 2.69 bits per heavy atom. The Balaban J connectivity index is 1.71. The molecule has 4 rings (SSSR count). The van der Waals surface area contributed by atoms with Gasteiger partial charge in [-0.25, -0.2) is 19.0 Å². The van der Waals surface area contributed by atoms with Gasteiger partial charge in [-0.1, -0.05) is 10.3 Å². The van der Waals surface area contributed by atoms with Gasteiger partial charge in [-0.3, -0.25) is 9.30 Å². The molecule has 3 heterocycles. The van der Waals surface area contributed by atoms with Crippen LogP contribution in [0.15, 0.2) is 47.4 Å². The van der Waals surface area contributed by atoms with E-state index in [0.29, 0.717) is 18.9 Å². The zero-order valence-corrected chi connectivity index (χ0v) is 14.4. The molecule has 3 aromatic heterocycles. The van der Waals surface area contributed by atoms with Crippen LogP contribution in [0.5, 0.6) is 0 Å². The Morgan fingerprint density at radius 2 is 1.96 bits per heavy atom. The second-order valence-electron chi connectivity index (χ2n) is 6.17. The van der Waals surface area contributed by atoms with Crippen LogP contribution in [0.3, 0.4) is 0 Å². The molecular weight excluding hydrogens is 335 g/mol. The van der Waals surface area contributed by atoms with Crippen molar-refractivity contribution < 1.29 is 9.02 Å². The smallest absolute Gasteiger partial charge is 0.234 e. The molecule has 0 saturated carbocycles. The van der Waals surface area contributed by atoms with E-state index in [1.165, 1.54) is 12.1 Å². The van der Waals surface area contributed by atoms with Gasteiger partial charge in [-0.2, -0.15) is 0 Å². The highest BCUT2D eigenvalue weighted by atomic mass is 19.1. The minimum atomic E-state index is -0.275. The molecule has 0 aliphatic heterocycles. The maximum Gasteiger partial charge on any atom is 0.234 e. The predicted molar refractivity (Wildman–Crippen MR) is 92.6 cm³/mol. The first-order valence-electron chi connectivity index (χ1n) is 8.16. The van der Waals surface area contributed by atoms with Crippen molar-refractivity contribution in [1.29, 1.82) is 0 Å². The van der Waals surface area contributed by atoms with Gasteiger partial charge in [0.15, 0.2) is 0 Å². The third-order valence-corrected chi connectivity index (χ3v) is 4.21.